The summed E-state index contributed by atoms with van der Waals surface area (Å²) in [6, 6.07) is 14.9. The molecule has 0 atom stereocenters. The van der Waals surface area contributed by atoms with Crippen LogP contribution in [0.5, 0.6) is 0 Å². The summed E-state index contributed by atoms with van der Waals surface area (Å²) < 4.78 is 41.3. The molecule has 0 saturated heterocycles. The molecule has 0 amide bonds. The molecule has 142 valence electrons. The molecule has 4 nitrogen and oxygen atoms in total. The Kier molecular flexibility index (Phi) is 4.30. The average Bonchev–Trinajstić information content (AvgIpc) is 3.08. The SMILES string of the molecule is CN(C)c1ncnc2c1c(-c1ccccc1)cn2-c1cccc(C(F)(F)F)c1. The number of benzene rings is 2. The topological polar surface area (TPSA) is 34.0 Å². The van der Waals surface area contributed by atoms with Crippen molar-refractivity contribution in [1.82, 2.24) is 14.5 Å². The minimum absolute atomic E-state index is 0.394. The van der Waals surface area contributed by atoms with Crippen LogP contribution in [0.25, 0.3) is 27.8 Å². The van der Waals surface area contributed by atoms with Gasteiger partial charge in [-0.15, -0.1) is 0 Å². The number of fused-ring (bicyclic) bond motifs is 1. The Morgan fingerprint density at radius 1 is 0.929 bits per heavy atom. The molecule has 0 fully saturated rings. The largest absolute Gasteiger partial charge is 0.416 e. The molecular weight excluding hydrogens is 365 g/mol. The van der Waals surface area contributed by atoms with Gasteiger partial charge < -0.3 is 9.47 Å². The first-order chi connectivity index (χ1) is 13.4. The second-order valence-corrected chi connectivity index (χ2v) is 6.62. The number of halogens is 3. The second-order valence-electron chi connectivity index (χ2n) is 6.62. The summed E-state index contributed by atoms with van der Waals surface area (Å²) in [7, 11) is 3.75. The van der Waals surface area contributed by atoms with E-state index in [4.69, 9.17) is 0 Å². The average molecular weight is 382 g/mol. The minimum Gasteiger partial charge on any atom is -0.362 e. The van der Waals surface area contributed by atoms with Crippen molar-refractivity contribution in [3.63, 3.8) is 0 Å². The van der Waals surface area contributed by atoms with Crippen LogP contribution in [0.1, 0.15) is 5.56 Å². The monoisotopic (exact) mass is 382 g/mol. The van der Waals surface area contributed by atoms with Crippen LogP contribution in [-0.2, 0) is 6.18 Å². The van der Waals surface area contributed by atoms with Crippen LogP contribution in [0.15, 0.2) is 67.1 Å². The highest BCUT2D eigenvalue weighted by Crippen LogP contribution is 2.37. The fourth-order valence-corrected chi connectivity index (χ4v) is 3.25. The first-order valence-electron chi connectivity index (χ1n) is 8.62. The summed E-state index contributed by atoms with van der Waals surface area (Å²) in [6.07, 6.45) is -1.17. The Labute approximate surface area is 159 Å². The normalized spacial score (nSPS) is 11.8. The summed E-state index contributed by atoms with van der Waals surface area (Å²) in [5, 5.41) is 0.788. The van der Waals surface area contributed by atoms with Crippen LogP contribution in [-0.4, -0.2) is 28.6 Å². The first kappa shape index (κ1) is 18.0. The molecule has 4 rings (SSSR count). The molecule has 4 aromatic rings. The van der Waals surface area contributed by atoms with Gasteiger partial charge in [0.2, 0.25) is 0 Å². The molecular formula is C21H17F3N4. The summed E-state index contributed by atoms with van der Waals surface area (Å²) >= 11 is 0. The third-order valence-electron chi connectivity index (χ3n) is 4.52. The van der Waals surface area contributed by atoms with Gasteiger partial charge in [-0.3, -0.25) is 0 Å². The third kappa shape index (κ3) is 3.09. The number of hydrogen-bond acceptors (Lipinski definition) is 3. The van der Waals surface area contributed by atoms with E-state index in [1.54, 1.807) is 10.6 Å². The third-order valence-corrected chi connectivity index (χ3v) is 4.52. The molecule has 0 aliphatic heterocycles. The van der Waals surface area contributed by atoms with Crippen molar-refractivity contribution in [2.24, 2.45) is 0 Å². The van der Waals surface area contributed by atoms with Gasteiger partial charge in [0, 0.05) is 31.5 Å². The van der Waals surface area contributed by atoms with Crippen LogP contribution < -0.4 is 4.90 Å². The van der Waals surface area contributed by atoms with Gasteiger partial charge in [-0.25, -0.2) is 9.97 Å². The van der Waals surface area contributed by atoms with Crippen molar-refractivity contribution in [3.05, 3.63) is 72.7 Å². The van der Waals surface area contributed by atoms with Gasteiger partial charge in [-0.05, 0) is 23.8 Å². The maximum atomic E-state index is 13.2. The van der Waals surface area contributed by atoms with E-state index in [2.05, 4.69) is 9.97 Å². The van der Waals surface area contributed by atoms with Gasteiger partial charge in [-0.1, -0.05) is 36.4 Å². The van der Waals surface area contributed by atoms with Crippen molar-refractivity contribution in [2.75, 3.05) is 19.0 Å². The standard InChI is InChI=1S/C21H17F3N4/c1-27(2)19-18-17(14-7-4-3-5-8-14)12-28(20(18)26-13-25-19)16-10-6-9-15(11-16)21(22,23)24/h3-13H,1-2H3. The molecule has 0 spiro atoms. The fourth-order valence-electron chi connectivity index (χ4n) is 3.25. The highest BCUT2D eigenvalue weighted by atomic mass is 19.4. The lowest BCUT2D eigenvalue weighted by Gasteiger charge is -2.13. The summed E-state index contributed by atoms with van der Waals surface area (Å²) in [5.41, 5.74) is 2.05. The fraction of sp³-hybridized carbons (Fsp3) is 0.143. The van der Waals surface area contributed by atoms with Crippen molar-refractivity contribution in [3.8, 4) is 16.8 Å². The summed E-state index contributed by atoms with van der Waals surface area (Å²) in [4.78, 5) is 10.6. The van der Waals surface area contributed by atoms with Crippen LogP contribution in [0.2, 0.25) is 0 Å². The quantitative estimate of drug-likeness (QED) is 0.490. The van der Waals surface area contributed by atoms with Crippen LogP contribution in [0, 0.1) is 0 Å². The van der Waals surface area contributed by atoms with E-state index in [1.165, 1.54) is 12.4 Å². The molecule has 0 aliphatic carbocycles. The van der Waals surface area contributed by atoms with E-state index < -0.39 is 11.7 Å². The van der Waals surface area contributed by atoms with Gasteiger partial charge in [0.15, 0.2) is 5.65 Å². The highest BCUT2D eigenvalue weighted by Gasteiger charge is 2.30. The second kappa shape index (κ2) is 6.67. The smallest absolute Gasteiger partial charge is 0.362 e. The van der Waals surface area contributed by atoms with E-state index in [1.807, 2.05) is 55.5 Å². The molecule has 0 unspecified atom stereocenters. The first-order valence-corrected chi connectivity index (χ1v) is 8.62. The highest BCUT2D eigenvalue weighted by molar-refractivity contribution is 6.02. The molecule has 2 heterocycles. The lowest BCUT2D eigenvalue weighted by molar-refractivity contribution is -0.137. The Morgan fingerprint density at radius 2 is 1.68 bits per heavy atom. The zero-order chi connectivity index (χ0) is 19.9. The van der Waals surface area contributed by atoms with Crippen LogP contribution >= 0.6 is 0 Å². The maximum absolute atomic E-state index is 13.2. The Hall–Kier alpha value is -3.35. The zero-order valence-corrected chi connectivity index (χ0v) is 15.3. The van der Waals surface area contributed by atoms with E-state index in [9.17, 15) is 13.2 Å². The van der Waals surface area contributed by atoms with Gasteiger partial charge in [0.05, 0.1) is 10.9 Å². The van der Waals surface area contributed by atoms with Crippen LogP contribution in [0.3, 0.4) is 0 Å². The van der Waals surface area contributed by atoms with E-state index >= 15 is 0 Å². The lowest BCUT2D eigenvalue weighted by atomic mass is 10.1. The molecule has 0 radical (unpaired) electrons. The molecule has 2 aromatic heterocycles. The molecule has 7 heteroatoms. The number of anilines is 1. The lowest BCUT2D eigenvalue weighted by Crippen LogP contribution is -2.11. The number of alkyl halides is 3. The molecule has 0 saturated carbocycles. The van der Waals surface area contributed by atoms with Crippen molar-refractivity contribution >= 4 is 16.9 Å². The predicted octanol–water partition coefficient (Wildman–Crippen LogP) is 5.17. The molecule has 0 aliphatic rings. The molecule has 28 heavy (non-hydrogen) atoms. The van der Waals surface area contributed by atoms with Gasteiger partial charge in [0.1, 0.15) is 12.1 Å². The summed E-state index contributed by atoms with van der Waals surface area (Å²) in [5.74, 6) is 0.703. The molecule has 2 aromatic carbocycles. The van der Waals surface area contributed by atoms with Gasteiger partial charge in [0.25, 0.3) is 0 Å². The molecule has 0 bridgehead atoms. The van der Waals surface area contributed by atoms with E-state index in [0.29, 0.717) is 17.2 Å². The maximum Gasteiger partial charge on any atom is 0.416 e. The van der Waals surface area contributed by atoms with Crippen molar-refractivity contribution in [1.29, 1.82) is 0 Å². The number of rotatable bonds is 3. The van der Waals surface area contributed by atoms with E-state index in [0.717, 1.165) is 28.6 Å². The van der Waals surface area contributed by atoms with Crippen molar-refractivity contribution in [2.45, 2.75) is 6.18 Å². The molecule has 0 N–H and O–H groups in total. The Morgan fingerprint density at radius 3 is 2.36 bits per heavy atom. The summed E-state index contributed by atoms with van der Waals surface area (Å²) in [6.45, 7) is 0. The predicted molar refractivity (Wildman–Crippen MR) is 104 cm³/mol. The van der Waals surface area contributed by atoms with Gasteiger partial charge >= 0.3 is 6.18 Å². The Bertz CT molecular complexity index is 1130. The zero-order valence-electron chi connectivity index (χ0n) is 15.3. The number of nitrogens with zero attached hydrogens (tertiary/aromatic N) is 4. The van der Waals surface area contributed by atoms with Crippen LogP contribution in [0.4, 0.5) is 19.0 Å². The van der Waals surface area contributed by atoms with E-state index in [-0.39, 0.29) is 0 Å². The number of hydrogen-bond donors (Lipinski definition) is 0. The number of aromatic nitrogens is 3. The Balaban J connectivity index is 2.03. The van der Waals surface area contributed by atoms with Crippen molar-refractivity contribution < 1.29 is 13.2 Å². The van der Waals surface area contributed by atoms with Gasteiger partial charge in [-0.2, -0.15) is 13.2 Å². The minimum atomic E-state index is -4.41.